The summed E-state index contributed by atoms with van der Waals surface area (Å²) in [6.07, 6.45) is 1.11. The summed E-state index contributed by atoms with van der Waals surface area (Å²) in [4.78, 5) is 10.8. The lowest BCUT2D eigenvalue weighted by molar-refractivity contribution is 0.0315. The number of rotatable bonds is 4. The van der Waals surface area contributed by atoms with E-state index in [0.29, 0.717) is 18.8 Å². The van der Waals surface area contributed by atoms with Crippen LogP contribution in [0.2, 0.25) is 0 Å². The Balaban J connectivity index is 1.98. The van der Waals surface area contributed by atoms with Gasteiger partial charge in [0.25, 0.3) is 0 Å². The van der Waals surface area contributed by atoms with E-state index in [1.165, 1.54) is 0 Å². The number of hydrogen-bond donors (Lipinski definition) is 1. The van der Waals surface area contributed by atoms with Crippen LogP contribution in [-0.2, 0) is 16.1 Å². The van der Waals surface area contributed by atoms with Crippen molar-refractivity contribution in [2.45, 2.75) is 26.1 Å². The van der Waals surface area contributed by atoms with Crippen LogP contribution in [0.3, 0.4) is 0 Å². The maximum absolute atomic E-state index is 10.8. The van der Waals surface area contributed by atoms with E-state index >= 15 is 0 Å². The first-order chi connectivity index (χ1) is 8.16. The minimum absolute atomic E-state index is 0.175. The average molecular weight is 236 g/mol. The third-order valence-corrected chi connectivity index (χ3v) is 2.95. The van der Waals surface area contributed by atoms with Gasteiger partial charge in [-0.3, -0.25) is 0 Å². The van der Waals surface area contributed by atoms with Gasteiger partial charge in [0.1, 0.15) is 0 Å². The molecule has 1 aliphatic heterocycles. The van der Waals surface area contributed by atoms with Crippen LogP contribution < -0.4 is 0 Å². The monoisotopic (exact) mass is 236 g/mol. The maximum Gasteiger partial charge on any atom is 0.335 e. The van der Waals surface area contributed by atoms with Crippen molar-refractivity contribution in [1.82, 2.24) is 0 Å². The molecule has 0 bridgehead atoms. The molecule has 0 amide bonds. The third kappa shape index (κ3) is 3.05. The Bertz CT molecular complexity index is 408. The van der Waals surface area contributed by atoms with Crippen molar-refractivity contribution in [2.75, 3.05) is 13.2 Å². The van der Waals surface area contributed by atoms with Crippen molar-refractivity contribution in [1.29, 1.82) is 0 Å². The zero-order chi connectivity index (χ0) is 12.3. The molecule has 1 aromatic rings. The minimum Gasteiger partial charge on any atom is -0.478 e. The van der Waals surface area contributed by atoms with Crippen LogP contribution in [0.1, 0.15) is 27.9 Å². The summed E-state index contributed by atoms with van der Waals surface area (Å²) in [5.41, 5.74) is 2.29. The molecule has 0 saturated carbocycles. The van der Waals surface area contributed by atoms with E-state index in [1.807, 2.05) is 13.0 Å². The highest BCUT2D eigenvalue weighted by molar-refractivity contribution is 5.87. The second-order valence-electron chi connectivity index (χ2n) is 4.24. The lowest BCUT2D eigenvalue weighted by Gasteiger charge is -2.11. The fourth-order valence-electron chi connectivity index (χ4n) is 1.84. The first-order valence-electron chi connectivity index (χ1n) is 5.69. The smallest absolute Gasteiger partial charge is 0.335 e. The Morgan fingerprint density at radius 2 is 2.41 bits per heavy atom. The Hall–Kier alpha value is -1.39. The topological polar surface area (TPSA) is 55.8 Å². The zero-order valence-corrected chi connectivity index (χ0v) is 9.81. The number of hydrogen-bond acceptors (Lipinski definition) is 3. The van der Waals surface area contributed by atoms with Crippen molar-refractivity contribution in [3.05, 3.63) is 34.9 Å². The first-order valence-corrected chi connectivity index (χ1v) is 5.69. The molecule has 0 radical (unpaired) electrons. The van der Waals surface area contributed by atoms with Gasteiger partial charge in [0, 0.05) is 6.61 Å². The number of ether oxygens (including phenoxy) is 2. The Labute approximate surface area is 100 Å². The van der Waals surface area contributed by atoms with E-state index in [2.05, 4.69) is 0 Å². The van der Waals surface area contributed by atoms with E-state index in [-0.39, 0.29) is 6.10 Å². The molecule has 2 rings (SSSR count). The summed E-state index contributed by atoms with van der Waals surface area (Å²) in [6, 6.07) is 5.10. The van der Waals surface area contributed by atoms with Crippen molar-refractivity contribution in [2.24, 2.45) is 0 Å². The summed E-state index contributed by atoms with van der Waals surface area (Å²) < 4.78 is 10.9. The quantitative estimate of drug-likeness (QED) is 0.868. The Morgan fingerprint density at radius 3 is 3.00 bits per heavy atom. The summed E-state index contributed by atoms with van der Waals surface area (Å²) in [6.45, 7) is 3.84. The van der Waals surface area contributed by atoms with Gasteiger partial charge in [-0.15, -0.1) is 0 Å². The van der Waals surface area contributed by atoms with Crippen molar-refractivity contribution in [3.8, 4) is 0 Å². The van der Waals surface area contributed by atoms with Gasteiger partial charge < -0.3 is 14.6 Å². The average Bonchev–Trinajstić information content (AvgIpc) is 2.80. The fourth-order valence-corrected chi connectivity index (χ4v) is 1.84. The Morgan fingerprint density at radius 1 is 1.59 bits per heavy atom. The summed E-state index contributed by atoms with van der Waals surface area (Å²) >= 11 is 0. The van der Waals surface area contributed by atoms with Crippen LogP contribution >= 0.6 is 0 Å². The molecule has 1 fully saturated rings. The third-order valence-electron chi connectivity index (χ3n) is 2.95. The zero-order valence-electron chi connectivity index (χ0n) is 9.81. The molecule has 0 aliphatic carbocycles. The van der Waals surface area contributed by atoms with Gasteiger partial charge in [-0.25, -0.2) is 4.79 Å². The van der Waals surface area contributed by atoms with Gasteiger partial charge in [0.15, 0.2) is 0 Å². The lowest BCUT2D eigenvalue weighted by atomic mass is 10.1. The number of benzene rings is 1. The molecule has 17 heavy (non-hydrogen) atoms. The van der Waals surface area contributed by atoms with E-state index < -0.39 is 5.97 Å². The minimum atomic E-state index is -0.898. The number of aromatic carboxylic acids is 1. The van der Waals surface area contributed by atoms with Gasteiger partial charge in [-0.2, -0.15) is 0 Å². The van der Waals surface area contributed by atoms with Crippen LogP contribution in [0.15, 0.2) is 18.2 Å². The van der Waals surface area contributed by atoms with Gasteiger partial charge in [-0.05, 0) is 36.6 Å². The molecule has 4 nitrogen and oxygen atoms in total. The predicted octanol–water partition coefficient (Wildman–Crippen LogP) is 2.00. The van der Waals surface area contributed by atoms with Crippen molar-refractivity contribution >= 4 is 5.97 Å². The van der Waals surface area contributed by atoms with Crippen LogP contribution in [0.5, 0.6) is 0 Å². The largest absolute Gasteiger partial charge is 0.478 e. The van der Waals surface area contributed by atoms with E-state index in [0.717, 1.165) is 24.2 Å². The molecule has 1 aliphatic rings. The van der Waals surface area contributed by atoms with Gasteiger partial charge in [0.05, 0.1) is 24.9 Å². The molecule has 92 valence electrons. The summed E-state index contributed by atoms with van der Waals surface area (Å²) in [5.74, 6) is -0.898. The molecule has 0 spiro atoms. The van der Waals surface area contributed by atoms with E-state index in [9.17, 15) is 4.79 Å². The van der Waals surface area contributed by atoms with Crippen molar-refractivity contribution in [3.63, 3.8) is 0 Å². The second-order valence-corrected chi connectivity index (χ2v) is 4.24. The molecule has 0 aromatic heterocycles. The lowest BCUT2D eigenvalue weighted by Crippen LogP contribution is -2.12. The highest BCUT2D eigenvalue weighted by Crippen LogP contribution is 2.15. The predicted molar refractivity (Wildman–Crippen MR) is 62.2 cm³/mol. The van der Waals surface area contributed by atoms with Gasteiger partial charge in [0.2, 0.25) is 0 Å². The molecular weight excluding hydrogens is 220 g/mol. The molecule has 1 atom stereocenters. The highest BCUT2D eigenvalue weighted by Gasteiger charge is 2.16. The number of aryl methyl sites for hydroxylation is 1. The number of carboxylic acids is 1. The molecule has 1 aromatic carbocycles. The highest BCUT2D eigenvalue weighted by atomic mass is 16.5. The molecular formula is C13H16O4. The summed E-state index contributed by atoms with van der Waals surface area (Å²) in [7, 11) is 0. The molecule has 4 heteroatoms. The molecule has 1 unspecified atom stereocenters. The summed E-state index contributed by atoms with van der Waals surface area (Å²) in [5, 5.41) is 8.85. The van der Waals surface area contributed by atoms with E-state index in [1.54, 1.807) is 12.1 Å². The SMILES string of the molecule is Cc1cc(C(=O)O)ccc1COC1CCOC1. The van der Waals surface area contributed by atoms with E-state index in [4.69, 9.17) is 14.6 Å². The van der Waals surface area contributed by atoms with Gasteiger partial charge in [-0.1, -0.05) is 6.07 Å². The first kappa shape index (κ1) is 12.1. The fraction of sp³-hybridized carbons (Fsp3) is 0.462. The van der Waals surface area contributed by atoms with Crippen LogP contribution in [0.4, 0.5) is 0 Å². The number of carboxylic acid groups (broad SMARTS) is 1. The van der Waals surface area contributed by atoms with Crippen molar-refractivity contribution < 1.29 is 19.4 Å². The number of carbonyl (C=O) groups is 1. The molecule has 1 saturated heterocycles. The van der Waals surface area contributed by atoms with Gasteiger partial charge >= 0.3 is 5.97 Å². The normalized spacial score (nSPS) is 19.5. The molecule has 1 N–H and O–H groups in total. The van der Waals surface area contributed by atoms with Crippen LogP contribution in [0, 0.1) is 6.92 Å². The standard InChI is InChI=1S/C13H16O4/c1-9-6-10(13(14)15)2-3-11(9)7-17-12-4-5-16-8-12/h2-3,6,12H,4-5,7-8H2,1H3,(H,14,15). The molecule has 1 heterocycles. The van der Waals surface area contributed by atoms with Crippen LogP contribution in [-0.4, -0.2) is 30.4 Å². The Kier molecular flexibility index (Phi) is 3.76. The van der Waals surface area contributed by atoms with Crippen LogP contribution in [0.25, 0.3) is 0 Å². The maximum atomic E-state index is 10.8. The second kappa shape index (κ2) is 5.29.